The van der Waals surface area contributed by atoms with Gasteiger partial charge in [0.2, 0.25) is 0 Å². The average Bonchev–Trinajstić information content (AvgIpc) is 2.68. The highest BCUT2D eigenvalue weighted by Crippen LogP contribution is 2.25. The van der Waals surface area contributed by atoms with Crippen LogP contribution in [0.25, 0.3) is 10.9 Å². The van der Waals surface area contributed by atoms with Gasteiger partial charge in [-0.25, -0.2) is 0 Å². The summed E-state index contributed by atoms with van der Waals surface area (Å²) in [7, 11) is 1.66. The summed E-state index contributed by atoms with van der Waals surface area (Å²) in [6.07, 6.45) is 1.71. The average molecular weight is 231 g/mol. The van der Waals surface area contributed by atoms with E-state index in [0.29, 0.717) is 6.42 Å². The molecule has 2 aromatic rings. The monoisotopic (exact) mass is 231 g/mol. The molecule has 1 heterocycles. The fraction of sp³-hybridized carbons (Fsp3) is 0.357. The number of methoxy groups -OCH3 is 1. The number of H-pyrrole nitrogens is 1. The molecule has 3 nitrogen and oxygen atoms in total. The van der Waals surface area contributed by atoms with Gasteiger partial charge in [0.1, 0.15) is 12.0 Å². The van der Waals surface area contributed by atoms with Crippen LogP contribution in [0.2, 0.25) is 0 Å². The highest BCUT2D eigenvalue weighted by molar-refractivity contribution is 5.82. The van der Waals surface area contributed by atoms with Crippen molar-refractivity contribution in [2.24, 2.45) is 5.41 Å². The molecule has 1 aromatic heterocycles. The Morgan fingerprint density at radius 2 is 2.12 bits per heavy atom. The molecule has 0 aliphatic rings. The van der Waals surface area contributed by atoms with Crippen molar-refractivity contribution in [2.45, 2.75) is 20.3 Å². The first-order chi connectivity index (χ1) is 8.04. The molecule has 0 unspecified atom stereocenters. The van der Waals surface area contributed by atoms with Crippen molar-refractivity contribution in [3.63, 3.8) is 0 Å². The first kappa shape index (κ1) is 11.7. The number of carbonyl (C=O) groups excluding carboxylic acids is 1. The third kappa shape index (κ3) is 2.49. The lowest BCUT2D eigenvalue weighted by molar-refractivity contribution is -0.114. The second-order valence-electron chi connectivity index (χ2n) is 5.03. The summed E-state index contributed by atoms with van der Waals surface area (Å²) >= 11 is 0. The standard InChI is InChI=1S/C14H17NO2/c1-14(2,9-16)8-11-6-10-7-12(17-3)4-5-13(10)15-11/h4-7,9,15H,8H2,1-3H3. The molecule has 1 aromatic carbocycles. The summed E-state index contributed by atoms with van der Waals surface area (Å²) in [5.41, 5.74) is 1.82. The topological polar surface area (TPSA) is 42.1 Å². The van der Waals surface area contributed by atoms with Crippen LogP contribution in [0.4, 0.5) is 0 Å². The van der Waals surface area contributed by atoms with E-state index >= 15 is 0 Å². The SMILES string of the molecule is COc1ccc2[nH]c(CC(C)(C)C=O)cc2c1. The van der Waals surface area contributed by atoms with Gasteiger partial charge in [-0.05, 0) is 30.7 Å². The molecule has 3 heteroatoms. The van der Waals surface area contributed by atoms with Crippen LogP contribution in [0.15, 0.2) is 24.3 Å². The van der Waals surface area contributed by atoms with Crippen LogP contribution in [-0.2, 0) is 11.2 Å². The van der Waals surface area contributed by atoms with Gasteiger partial charge in [-0.15, -0.1) is 0 Å². The number of carbonyl (C=O) groups is 1. The zero-order valence-corrected chi connectivity index (χ0v) is 10.4. The van der Waals surface area contributed by atoms with E-state index in [-0.39, 0.29) is 5.41 Å². The molecule has 0 atom stereocenters. The van der Waals surface area contributed by atoms with Gasteiger partial charge in [-0.3, -0.25) is 0 Å². The summed E-state index contributed by atoms with van der Waals surface area (Å²) in [4.78, 5) is 14.2. The summed E-state index contributed by atoms with van der Waals surface area (Å²) in [6, 6.07) is 7.98. The Morgan fingerprint density at radius 1 is 1.35 bits per heavy atom. The highest BCUT2D eigenvalue weighted by Gasteiger charge is 2.18. The number of nitrogens with one attached hydrogen (secondary N) is 1. The lowest BCUT2D eigenvalue weighted by Gasteiger charge is -2.14. The molecule has 0 spiro atoms. The number of ether oxygens (including phenoxy) is 1. The molecule has 0 radical (unpaired) electrons. The van der Waals surface area contributed by atoms with Crippen LogP contribution in [0.5, 0.6) is 5.75 Å². The Balaban J connectivity index is 2.34. The third-order valence-electron chi connectivity index (χ3n) is 2.85. The van der Waals surface area contributed by atoms with Gasteiger partial charge in [-0.2, -0.15) is 0 Å². The lowest BCUT2D eigenvalue weighted by Crippen LogP contribution is -2.16. The van der Waals surface area contributed by atoms with Gasteiger partial charge >= 0.3 is 0 Å². The fourth-order valence-electron chi connectivity index (χ4n) is 1.93. The van der Waals surface area contributed by atoms with Crippen molar-refractivity contribution in [1.29, 1.82) is 0 Å². The van der Waals surface area contributed by atoms with E-state index in [0.717, 1.165) is 28.6 Å². The molecule has 0 aliphatic heterocycles. The van der Waals surface area contributed by atoms with E-state index in [9.17, 15) is 4.79 Å². The number of rotatable bonds is 4. The second kappa shape index (κ2) is 4.24. The van der Waals surface area contributed by atoms with Gasteiger partial charge in [0.15, 0.2) is 0 Å². The molecular weight excluding hydrogens is 214 g/mol. The highest BCUT2D eigenvalue weighted by atomic mass is 16.5. The number of aldehydes is 1. The number of aromatic amines is 1. The largest absolute Gasteiger partial charge is 0.497 e. The number of hydrogen-bond acceptors (Lipinski definition) is 2. The molecule has 0 amide bonds. The molecule has 90 valence electrons. The predicted molar refractivity (Wildman–Crippen MR) is 68.4 cm³/mol. The Bertz CT molecular complexity index is 540. The van der Waals surface area contributed by atoms with Crippen LogP contribution in [0, 0.1) is 5.41 Å². The van der Waals surface area contributed by atoms with Crippen LogP contribution < -0.4 is 4.74 Å². The van der Waals surface area contributed by atoms with Crippen molar-refractivity contribution in [3.05, 3.63) is 30.0 Å². The van der Waals surface area contributed by atoms with Crippen LogP contribution >= 0.6 is 0 Å². The van der Waals surface area contributed by atoms with E-state index in [2.05, 4.69) is 11.1 Å². The molecule has 0 fully saturated rings. The number of benzene rings is 1. The Kier molecular flexibility index (Phi) is 2.92. The summed E-state index contributed by atoms with van der Waals surface area (Å²) in [6.45, 7) is 3.87. The van der Waals surface area contributed by atoms with Crippen molar-refractivity contribution in [2.75, 3.05) is 7.11 Å². The zero-order chi connectivity index (χ0) is 12.5. The summed E-state index contributed by atoms with van der Waals surface area (Å²) in [5, 5.41) is 1.11. The van der Waals surface area contributed by atoms with Crippen molar-refractivity contribution in [3.8, 4) is 5.75 Å². The molecule has 0 saturated carbocycles. The Morgan fingerprint density at radius 3 is 2.76 bits per heavy atom. The Hall–Kier alpha value is -1.77. The first-order valence-corrected chi connectivity index (χ1v) is 5.66. The number of aromatic nitrogens is 1. The van der Waals surface area contributed by atoms with Crippen molar-refractivity contribution < 1.29 is 9.53 Å². The number of hydrogen-bond donors (Lipinski definition) is 1. The molecule has 17 heavy (non-hydrogen) atoms. The van der Waals surface area contributed by atoms with Gasteiger partial charge in [-0.1, -0.05) is 13.8 Å². The number of fused-ring (bicyclic) bond motifs is 1. The maximum Gasteiger partial charge on any atom is 0.125 e. The molecule has 0 aliphatic carbocycles. The molecule has 1 N–H and O–H groups in total. The van der Waals surface area contributed by atoms with E-state index in [1.807, 2.05) is 32.0 Å². The van der Waals surface area contributed by atoms with Crippen molar-refractivity contribution >= 4 is 17.2 Å². The molecule has 0 saturated heterocycles. The van der Waals surface area contributed by atoms with Crippen LogP contribution in [0.1, 0.15) is 19.5 Å². The van der Waals surface area contributed by atoms with Gasteiger partial charge < -0.3 is 14.5 Å². The molecule has 2 rings (SSSR count). The van der Waals surface area contributed by atoms with Gasteiger partial charge in [0.25, 0.3) is 0 Å². The van der Waals surface area contributed by atoms with Gasteiger partial charge in [0.05, 0.1) is 7.11 Å². The maximum atomic E-state index is 10.9. The second-order valence-corrected chi connectivity index (χ2v) is 5.03. The Labute approximate surface area is 101 Å². The minimum absolute atomic E-state index is 0.328. The van der Waals surface area contributed by atoms with E-state index in [1.165, 1.54) is 0 Å². The lowest BCUT2D eigenvalue weighted by atomic mass is 9.90. The third-order valence-corrected chi connectivity index (χ3v) is 2.85. The normalized spacial score (nSPS) is 11.7. The van der Waals surface area contributed by atoms with E-state index < -0.39 is 0 Å². The van der Waals surface area contributed by atoms with Crippen LogP contribution in [0.3, 0.4) is 0 Å². The fourth-order valence-corrected chi connectivity index (χ4v) is 1.93. The minimum Gasteiger partial charge on any atom is -0.497 e. The summed E-state index contributed by atoms with van der Waals surface area (Å²) in [5.74, 6) is 0.845. The van der Waals surface area contributed by atoms with Crippen LogP contribution in [-0.4, -0.2) is 18.4 Å². The van der Waals surface area contributed by atoms with E-state index in [4.69, 9.17) is 4.74 Å². The zero-order valence-electron chi connectivity index (χ0n) is 10.4. The molecule has 0 bridgehead atoms. The first-order valence-electron chi connectivity index (χ1n) is 5.66. The van der Waals surface area contributed by atoms with E-state index in [1.54, 1.807) is 7.11 Å². The van der Waals surface area contributed by atoms with Crippen molar-refractivity contribution in [1.82, 2.24) is 4.98 Å². The summed E-state index contributed by atoms with van der Waals surface area (Å²) < 4.78 is 5.18. The predicted octanol–water partition coefficient (Wildman–Crippen LogP) is 2.94. The minimum atomic E-state index is -0.328. The smallest absolute Gasteiger partial charge is 0.125 e. The quantitative estimate of drug-likeness (QED) is 0.822. The van der Waals surface area contributed by atoms with Gasteiger partial charge in [0, 0.05) is 22.0 Å². The maximum absolute atomic E-state index is 10.9. The molecular formula is C14H17NO2.